The molecule has 0 aliphatic heterocycles. The Morgan fingerprint density at radius 1 is 1.50 bits per heavy atom. The summed E-state index contributed by atoms with van der Waals surface area (Å²) in [5.41, 5.74) is 7.59. The van der Waals surface area contributed by atoms with Crippen LogP contribution in [0.25, 0.3) is 0 Å². The van der Waals surface area contributed by atoms with Crippen LogP contribution in [0.1, 0.15) is 11.3 Å². The van der Waals surface area contributed by atoms with Crippen LogP contribution in [0.3, 0.4) is 0 Å². The molecule has 7 heteroatoms. The average Bonchev–Trinajstić information content (AvgIpc) is 2.71. The summed E-state index contributed by atoms with van der Waals surface area (Å²) < 4.78 is 1.43. The van der Waals surface area contributed by atoms with Crippen LogP contribution >= 0.6 is 23.6 Å². The normalized spacial score (nSPS) is 10.2. The topological polar surface area (TPSA) is 77.1 Å². The van der Waals surface area contributed by atoms with E-state index in [4.69, 9.17) is 18.0 Å². The van der Waals surface area contributed by atoms with E-state index in [1.54, 1.807) is 36.6 Å². The molecule has 0 bridgehead atoms. The number of nitrogens with one attached hydrogen (secondary N) is 1. The molecule has 0 saturated heterocycles. The highest BCUT2D eigenvalue weighted by Crippen LogP contribution is 2.11. The van der Waals surface area contributed by atoms with E-state index in [2.05, 4.69) is 5.32 Å². The maximum atomic E-state index is 11.9. The number of amides is 1. The first-order valence-corrected chi connectivity index (χ1v) is 7.11. The molecule has 1 heterocycles. The van der Waals surface area contributed by atoms with E-state index in [9.17, 15) is 9.59 Å². The van der Waals surface area contributed by atoms with Gasteiger partial charge in [0.15, 0.2) is 0 Å². The molecule has 2 rings (SSSR count). The smallest absolute Gasteiger partial charge is 0.307 e. The molecule has 0 radical (unpaired) electrons. The van der Waals surface area contributed by atoms with Crippen LogP contribution in [0, 0.1) is 6.92 Å². The van der Waals surface area contributed by atoms with Gasteiger partial charge in [-0.25, -0.2) is 0 Å². The quantitative estimate of drug-likeness (QED) is 0.839. The van der Waals surface area contributed by atoms with E-state index in [1.165, 1.54) is 4.57 Å². The summed E-state index contributed by atoms with van der Waals surface area (Å²) in [4.78, 5) is 23.6. The van der Waals surface area contributed by atoms with Crippen molar-refractivity contribution in [3.63, 3.8) is 0 Å². The molecule has 1 amide bonds. The molecule has 0 saturated carbocycles. The average molecular weight is 307 g/mol. The Kier molecular flexibility index (Phi) is 4.31. The number of hydrogen-bond donors (Lipinski definition) is 2. The van der Waals surface area contributed by atoms with E-state index in [0.29, 0.717) is 11.3 Å². The maximum Gasteiger partial charge on any atom is 0.307 e. The van der Waals surface area contributed by atoms with Gasteiger partial charge in [0.1, 0.15) is 11.5 Å². The highest BCUT2D eigenvalue weighted by atomic mass is 32.1. The number of nitrogens with zero attached hydrogens (tertiary/aromatic N) is 1. The number of carbonyl (C=O) groups is 1. The van der Waals surface area contributed by atoms with E-state index in [1.807, 2.05) is 0 Å². The van der Waals surface area contributed by atoms with Crippen molar-refractivity contribution >= 4 is 40.1 Å². The number of anilines is 1. The number of carbonyl (C=O) groups excluding carboxylic acids is 1. The van der Waals surface area contributed by atoms with Crippen LogP contribution in [0.2, 0.25) is 0 Å². The molecule has 0 aliphatic carbocycles. The van der Waals surface area contributed by atoms with Gasteiger partial charge in [-0.1, -0.05) is 35.7 Å². The lowest BCUT2D eigenvalue weighted by Crippen LogP contribution is -2.25. The molecule has 3 N–H and O–H groups in total. The summed E-state index contributed by atoms with van der Waals surface area (Å²) >= 11 is 5.96. The van der Waals surface area contributed by atoms with Gasteiger partial charge in [0.2, 0.25) is 5.91 Å². The van der Waals surface area contributed by atoms with Crippen LogP contribution in [0.15, 0.2) is 34.4 Å². The summed E-state index contributed by atoms with van der Waals surface area (Å²) in [6.07, 6.45) is 0. The molecule has 5 nitrogen and oxygen atoms in total. The fourth-order valence-electron chi connectivity index (χ4n) is 1.69. The fraction of sp³-hybridized carbons (Fsp3) is 0.154. The minimum Gasteiger partial charge on any atom is -0.389 e. The van der Waals surface area contributed by atoms with Crippen molar-refractivity contribution in [1.29, 1.82) is 0 Å². The Bertz CT molecular complexity index is 718. The fourth-order valence-corrected chi connectivity index (χ4v) is 2.55. The van der Waals surface area contributed by atoms with Crippen LogP contribution in [-0.4, -0.2) is 15.5 Å². The summed E-state index contributed by atoms with van der Waals surface area (Å²) in [5.74, 6) is -0.270. The second-order valence-corrected chi connectivity index (χ2v) is 5.48. The van der Waals surface area contributed by atoms with Crippen molar-refractivity contribution in [1.82, 2.24) is 4.57 Å². The standard InChI is InChI=1S/C13H13N3O2S2/c1-8-7-20-13(18)16(8)6-11(17)15-10-4-2-3-9(5-10)12(14)19/h2-5,7H,6H2,1H3,(H2,14,19)(H,15,17). The highest BCUT2D eigenvalue weighted by Gasteiger charge is 2.09. The summed E-state index contributed by atoms with van der Waals surface area (Å²) in [6.45, 7) is 1.78. The first-order valence-electron chi connectivity index (χ1n) is 5.82. The highest BCUT2D eigenvalue weighted by molar-refractivity contribution is 7.80. The third kappa shape index (κ3) is 3.31. The number of aryl methyl sites for hydroxylation is 1. The Balaban J connectivity index is 2.11. The number of hydrogen-bond acceptors (Lipinski definition) is 4. The van der Waals surface area contributed by atoms with Gasteiger partial charge in [0.25, 0.3) is 0 Å². The number of aromatic nitrogens is 1. The Labute approximate surface area is 125 Å². The Hall–Kier alpha value is -1.99. The predicted molar refractivity (Wildman–Crippen MR) is 84.3 cm³/mol. The number of thiocarbonyl (C=S) groups is 1. The molecular formula is C13H13N3O2S2. The molecule has 104 valence electrons. The van der Waals surface area contributed by atoms with Crippen LogP contribution < -0.4 is 15.9 Å². The van der Waals surface area contributed by atoms with Crippen molar-refractivity contribution in [2.24, 2.45) is 5.73 Å². The molecule has 0 spiro atoms. The van der Waals surface area contributed by atoms with Crippen LogP contribution in [0.4, 0.5) is 5.69 Å². The van der Waals surface area contributed by atoms with E-state index in [0.717, 1.165) is 17.0 Å². The first-order chi connectivity index (χ1) is 9.47. The van der Waals surface area contributed by atoms with Gasteiger partial charge in [-0.2, -0.15) is 0 Å². The molecule has 0 aliphatic rings. The van der Waals surface area contributed by atoms with Gasteiger partial charge in [-0.3, -0.25) is 14.2 Å². The summed E-state index contributed by atoms with van der Waals surface area (Å²) in [7, 11) is 0. The van der Waals surface area contributed by atoms with Crippen molar-refractivity contribution in [2.75, 3.05) is 5.32 Å². The number of rotatable bonds is 4. The zero-order chi connectivity index (χ0) is 14.7. The van der Waals surface area contributed by atoms with Crippen molar-refractivity contribution < 1.29 is 4.79 Å². The van der Waals surface area contributed by atoms with Gasteiger partial charge in [-0.15, -0.1) is 0 Å². The SMILES string of the molecule is Cc1csc(=O)n1CC(=O)Nc1cccc(C(N)=S)c1. The summed E-state index contributed by atoms with van der Waals surface area (Å²) in [5, 5.41) is 4.45. The maximum absolute atomic E-state index is 11.9. The monoisotopic (exact) mass is 307 g/mol. The first kappa shape index (κ1) is 14.4. The van der Waals surface area contributed by atoms with Gasteiger partial charge in [0, 0.05) is 22.3 Å². The third-order valence-electron chi connectivity index (χ3n) is 2.71. The molecule has 20 heavy (non-hydrogen) atoms. The largest absolute Gasteiger partial charge is 0.389 e. The van der Waals surface area contributed by atoms with Crippen molar-refractivity contribution in [3.05, 3.63) is 50.6 Å². The lowest BCUT2D eigenvalue weighted by molar-refractivity contribution is -0.116. The zero-order valence-electron chi connectivity index (χ0n) is 10.8. The van der Waals surface area contributed by atoms with Crippen LogP contribution in [0.5, 0.6) is 0 Å². The lowest BCUT2D eigenvalue weighted by Gasteiger charge is -2.08. The Morgan fingerprint density at radius 3 is 2.85 bits per heavy atom. The molecule has 1 aromatic carbocycles. The molecule has 2 aromatic rings. The number of nitrogens with two attached hydrogens (primary N) is 1. The molecule has 0 unspecified atom stereocenters. The minimum atomic E-state index is -0.270. The minimum absolute atomic E-state index is 0.00847. The molecule has 0 fully saturated rings. The number of thiazole rings is 1. The second kappa shape index (κ2) is 5.98. The van der Waals surface area contributed by atoms with Gasteiger partial charge >= 0.3 is 4.87 Å². The van der Waals surface area contributed by atoms with Crippen molar-refractivity contribution in [3.8, 4) is 0 Å². The van der Waals surface area contributed by atoms with E-state index >= 15 is 0 Å². The van der Waals surface area contributed by atoms with E-state index < -0.39 is 0 Å². The van der Waals surface area contributed by atoms with Gasteiger partial charge in [-0.05, 0) is 19.1 Å². The Morgan fingerprint density at radius 2 is 2.25 bits per heavy atom. The van der Waals surface area contributed by atoms with Crippen molar-refractivity contribution in [2.45, 2.75) is 13.5 Å². The third-order valence-corrected chi connectivity index (χ3v) is 3.83. The number of benzene rings is 1. The molecular weight excluding hydrogens is 294 g/mol. The molecule has 0 atom stereocenters. The van der Waals surface area contributed by atoms with Crippen LogP contribution in [-0.2, 0) is 11.3 Å². The van der Waals surface area contributed by atoms with E-state index in [-0.39, 0.29) is 22.3 Å². The predicted octanol–water partition coefficient (Wildman–Crippen LogP) is 1.49. The summed E-state index contributed by atoms with van der Waals surface area (Å²) in [6, 6.07) is 6.96. The second-order valence-electron chi connectivity index (χ2n) is 4.22. The van der Waals surface area contributed by atoms with Gasteiger partial charge in [0.05, 0.1) is 0 Å². The van der Waals surface area contributed by atoms with Gasteiger partial charge < -0.3 is 11.1 Å². The zero-order valence-corrected chi connectivity index (χ0v) is 12.4. The lowest BCUT2D eigenvalue weighted by atomic mass is 10.2. The molecule has 1 aromatic heterocycles.